The second-order valence-electron chi connectivity index (χ2n) is 5.72. The third kappa shape index (κ3) is 3.10. The maximum absolute atomic E-state index is 7.43. The molecule has 1 aliphatic rings. The monoisotopic (exact) mass is 245 g/mol. The van der Waals surface area contributed by atoms with E-state index in [4.69, 9.17) is 11.1 Å². The van der Waals surface area contributed by atoms with Crippen LogP contribution in [0.4, 0.5) is 0 Å². The number of hydrogen-bond acceptors (Lipinski definition) is 2. The fraction of sp³-hybridized carbons (Fsp3) is 0.533. The van der Waals surface area contributed by atoms with Crippen LogP contribution in [0.2, 0.25) is 0 Å². The molecule has 0 aliphatic heterocycles. The molecule has 0 radical (unpaired) electrons. The molecule has 3 nitrogen and oxygen atoms in total. The molecular weight excluding hydrogens is 222 g/mol. The van der Waals surface area contributed by atoms with Crippen molar-refractivity contribution in [3.8, 4) is 0 Å². The number of nitrogens with one attached hydrogen (secondary N) is 1. The fourth-order valence-electron chi connectivity index (χ4n) is 2.45. The summed E-state index contributed by atoms with van der Waals surface area (Å²) < 4.78 is 0. The van der Waals surface area contributed by atoms with Crippen LogP contribution in [-0.4, -0.2) is 24.3 Å². The second kappa shape index (κ2) is 5.11. The number of rotatable bonds is 5. The summed E-state index contributed by atoms with van der Waals surface area (Å²) in [6.07, 6.45) is 1.38. The highest BCUT2D eigenvalue weighted by atomic mass is 15.1. The molecule has 1 saturated carbocycles. The highest BCUT2D eigenvalue weighted by Gasteiger charge is 2.32. The number of nitrogen functional groups attached to an aromatic ring is 1. The van der Waals surface area contributed by atoms with Gasteiger partial charge in [0.05, 0.1) is 0 Å². The Morgan fingerprint density at radius 1 is 1.50 bits per heavy atom. The van der Waals surface area contributed by atoms with Gasteiger partial charge >= 0.3 is 0 Å². The Hall–Kier alpha value is -1.35. The number of hydrogen-bond donors (Lipinski definition) is 2. The number of amidine groups is 1. The first-order chi connectivity index (χ1) is 8.47. The summed E-state index contributed by atoms with van der Waals surface area (Å²) in [6.45, 7) is 6.59. The molecule has 0 aromatic heterocycles. The normalized spacial score (nSPS) is 22.2. The van der Waals surface area contributed by atoms with E-state index in [-0.39, 0.29) is 5.84 Å². The summed E-state index contributed by atoms with van der Waals surface area (Å²) in [5.74, 6) is 1.95. The lowest BCUT2D eigenvalue weighted by molar-refractivity contribution is 0.307. The van der Waals surface area contributed by atoms with Crippen LogP contribution in [0.5, 0.6) is 0 Å². The summed E-state index contributed by atoms with van der Waals surface area (Å²) in [7, 11) is 2.18. The smallest absolute Gasteiger partial charge is 0.122 e. The first-order valence-corrected chi connectivity index (χ1v) is 6.60. The van der Waals surface area contributed by atoms with Gasteiger partial charge in [-0.15, -0.1) is 0 Å². The van der Waals surface area contributed by atoms with Crippen LogP contribution >= 0.6 is 0 Å². The topological polar surface area (TPSA) is 53.1 Å². The van der Waals surface area contributed by atoms with E-state index in [0.29, 0.717) is 0 Å². The van der Waals surface area contributed by atoms with Gasteiger partial charge in [0.25, 0.3) is 0 Å². The zero-order valence-corrected chi connectivity index (χ0v) is 11.5. The molecule has 2 atom stereocenters. The third-order valence-corrected chi connectivity index (χ3v) is 3.92. The lowest BCUT2D eigenvalue weighted by Crippen LogP contribution is -2.21. The summed E-state index contributed by atoms with van der Waals surface area (Å²) in [5.41, 5.74) is 8.86. The van der Waals surface area contributed by atoms with Crippen molar-refractivity contribution in [3.63, 3.8) is 0 Å². The van der Waals surface area contributed by atoms with E-state index in [9.17, 15) is 0 Å². The molecule has 3 heteroatoms. The van der Waals surface area contributed by atoms with Crippen molar-refractivity contribution < 1.29 is 0 Å². The number of aryl methyl sites for hydroxylation is 1. The third-order valence-electron chi connectivity index (χ3n) is 3.92. The van der Waals surface area contributed by atoms with Gasteiger partial charge in [-0.25, -0.2) is 0 Å². The largest absolute Gasteiger partial charge is 0.384 e. The molecule has 18 heavy (non-hydrogen) atoms. The van der Waals surface area contributed by atoms with Crippen LogP contribution < -0.4 is 5.73 Å². The van der Waals surface area contributed by atoms with Crippen LogP contribution in [0.25, 0.3) is 0 Å². The van der Waals surface area contributed by atoms with E-state index in [2.05, 4.69) is 31.9 Å². The molecule has 2 unspecified atom stereocenters. The molecule has 2 rings (SSSR count). The van der Waals surface area contributed by atoms with Crippen molar-refractivity contribution in [2.45, 2.75) is 26.8 Å². The zero-order chi connectivity index (χ0) is 13.3. The van der Waals surface area contributed by atoms with E-state index < -0.39 is 0 Å². The maximum atomic E-state index is 7.43. The van der Waals surface area contributed by atoms with Crippen LogP contribution in [0.3, 0.4) is 0 Å². The van der Waals surface area contributed by atoms with Gasteiger partial charge in [-0.1, -0.05) is 19.1 Å². The molecule has 98 valence electrons. The highest BCUT2D eigenvalue weighted by molar-refractivity contribution is 5.95. The minimum absolute atomic E-state index is 0.143. The predicted octanol–water partition coefficient (Wildman–Crippen LogP) is 2.37. The molecule has 0 amide bonds. The van der Waals surface area contributed by atoms with E-state index in [0.717, 1.165) is 23.9 Å². The van der Waals surface area contributed by atoms with Crippen molar-refractivity contribution in [2.24, 2.45) is 17.6 Å². The van der Waals surface area contributed by atoms with Gasteiger partial charge in [-0.3, -0.25) is 5.41 Å². The van der Waals surface area contributed by atoms with Crippen LogP contribution in [0.15, 0.2) is 18.2 Å². The van der Waals surface area contributed by atoms with Crippen LogP contribution in [0, 0.1) is 24.2 Å². The Labute approximate surface area is 109 Å². The summed E-state index contributed by atoms with van der Waals surface area (Å²) >= 11 is 0. The predicted molar refractivity (Wildman–Crippen MR) is 75.8 cm³/mol. The lowest BCUT2D eigenvalue weighted by Gasteiger charge is -2.18. The second-order valence-corrected chi connectivity index (χ2v) is 5.72. The average Bonchev–Trinajstić information content (AvgIpc) is 2.96. The van der Waals surface area contributed by atoms with E-state index in [1.54, 1.807) is 0 Å². The van der Waals surface area contributed by atoms with Gasteiger partial charge in [-0.05, 0) is 49.4 Å². The Morgan fingerprint density at radius 3 is 2.67 bits per heavy atom. The molecule has 1 fully saturated rings. The van der Waals surface area contributed by atoms with Crippen LogP contribution in [-0.2, 0) is 6.54 Å². The van der Waals surface area contributed by atoms with Gasteiger partial charge in [-0.2, -0.15) is 0 Å². The van der Waals surface area contributed by atoms with E-state index >= 15 is 0 Å². The number of nitrogens with two attached hydrogens (primary N) is 1. The minimum atomic E-state index is 0.143. The van der Waals surface area contributed by atoms with Crippen molar-refractivity contribution in [1.29, 1.82) is 5.41 Å². The molecule has 1 aromatic carbocycles. The maximum Gasteiger partial charge on any atom is 0.122 e. The van der Waals surface area contributed by atoms with Crippen molar-refractivity contribution in [3.05, 3.63) is 34.9 Å². The standard InChI is InChI=1S/C15H23N3/c1-10-6-12(15(16)17)4-5-13(10)8-18(3)9-14-7-11(14)2/h4-6,11,14H,7-9H2,1-3H3,(H3,16,17). The van der Waals surface area contributed by atoms with E-state index in [1.165, 1.54) is 24.1 Å². The number of nitrogens with zero attached hydrogens (tertiary/aromatic N) is 1. The molecule has 0 heterocycles. The summed E-state index contributed by atoms with van der Waals surface area (Å²) in [6, 6.07) is 6.04. The van der Waals surface area contributed by atoms with Crippen molar-refractivity contribution >= 4 is 5.84 Å². The molecule has 0 saturated heterocycles. The van der Waals surface area contributed by atoms with Gasteiger partial charge in [0.15, 0.2) is 0 Å². The summed E-state index contributed by atoms with van der Waals surface area (Å²) in [4.78, 5) is 2.39. The van der Waals surface area contributed by atoms with E-state index in [1.807, 2.05) is 12.1 Å². The lowest BCUT2D eigenvalue weighted by atomic mass is 10.0. The number of benzene rings is 1. The Balaban J connectivity index is 1.98. The van der Waals surface area contributed by atoms with Gasteiger partial charge < -0.3 is 10.6 Å². The SMILES string of the molecule is Cc1cc(C(=N)N)ccc1CN(C)CC1CC1C. The highest BCUT2D eigenvalue weighted by Crippen LogP contribution is 2.38. The first-order valence-electron chi connectivity index (χ1n) is 6.60. The van der Waals surface area contributed by atoms with Gasteiger partial charge in [0.2, 0.25) is 0 Å². The average molecular weight is 245 g/mol. The van der Waals surface area contributed by atoms with Gasteiger partial charge in [0.1, 0.15) is 5.84 Å². The molecule has 1 aromatic rings. The van der Waals surface area contributed by atoms with Gasteiger partial charge in [0, 0.05) is 18.7 Å². The Bertz CT molecular complexity index is 453. The Morgan fingerprint density at radius 2 is 2.17 bits per heavy atom. The minimum Gasteiger partial charge on any atom is -0.384 e. The molecule has 3 N–H and O–H groups in total. The first kappa shape index (κ1) is 13.1. The molecule has 0 bridgehead atoms. The quantitative estimate of drug-likeness (QED) is 0.618. The summed E-state index contributed by atoms with van der Waals surface area (Å²) in [5, 5.41) is 7.43. The Kier molecular flexibility index (Phi) is 3.71. The molecule has 0 spiro atoms. The zero-order valence-electron chi connectivity index (χ0n) is 11.5. The van der Waals surface area contributed by atoms with Crippen LogP contribution in [0.1, 0.15) is 30.0 Å². The van der Waals surface area contributed by atoms with Crippen molar-refractivity contribution in [2.75, 3.05) is 13.6 Å². The van der Waals surface area contributed by atoms with Crippen molar-refractivity contribution in [1.82, 2.24) is 4.90 Å². The molecule has 1 aliphatic carbocycles. The molecular formula is C15H23N3. The fourth-order valence-corrected chi connectivity index (χ4v) is 2.45.